The van der Waals surface area contributed by atoms with Gasteiger partial charge in [0.05, 0.1) is 30.6 Å². The summed E-state index contributed by atoms with van der Waals surface area (Å²) in [6.45, 7) is 7.01. The fraction of sp³-hybridized carbons (Fsp3) is 0.348. The molecule has 3 heterocycles. The van der Waals surface area contributed by atoms with Crippen LogP contribution in [0.3, 0.4) is 0 Å². The maximum Gasteiger partial charge on any atom is 0.132 e. The summed E-state index contributed by atoms with van der Waals surface area (Å²) in [5.41, 5.74) is 16.2. The highest BCUT2D eigenvalue weighted by molar-refractivity contribution is 5.97. The number of allylic oxidation sites excluding steroid dienone is 6. The van der Waals surface area contributed by atoms with Crippen molar-refractivity contribution in [3.05, 3.63) is 70.6 Å². The van der Waals surface area contributed by atoms with Crippen molar-refractivity contribution in [1.82, 2.24) is 16.0 Å². The monoisotopic (exact) mass is 436 g/mol. The Hall–Kier alpha value is -3.43. The van der Waals surface area contributed by atoms with E-state index in [0.29, 0.717) is 30.9 Å². The first-order valence-corrected chi connectivity index (χ1v) is 10.7. The van der Waals surface area contributed by atoms with Gasteiger partial charge in [0.2, 0.25) is 0 Å². The molecule has 0 aromatic carbocycles. The number of nitrogens with two attached hydrogens (primary N) is 2. The highest BCUT2D eigenvalue weighted by atomic mass is 16.5. The van der Waals surface area contributed by atoms with Crippen LogP contribution in [0.5, 0.6) is 0 Å². The van der Waals surface area contributed by atoms with Crippen LogP contribution < -0.4 is 27.4 Å². The quantitative estimate of drug-likeness (QED) is 0.172. The lowest BCUT2D eigenvalue weighted by atomic mass is 10.0. The molecule has 0 unspecified atom stereocenters. The van der Waals surface area contributed by atoms with Gasteiger partial charge in [-0.15, -0.1) is 0 Å². The number of rotatable bonds is 10. The molecule has 0 amide bonds. The van der Waals surface area contributed by atoms with E-state index in [1.807, 2.05) is 38.3 Å². The fourth-order valence-corrected chi connectivity index (χ4v) is 3.07. The summed E-state index contributed by atoms with van der Waals surface area (Å²) in [7, 11) is 0. The standard InChI is InChI=1S/C23H32N8O/c1-15(2)16(9-24)8-22(26)31-23-4-3-20-21(30-23)7-17(12-29-20)18(10-25)11-27-5-6-32-19-13-28-14-19/h3-4,7-12,15,19,24,28-30H,5-6,13-14,25H2,1-2H3,(H2,26,31). The van der Waals surface area contributed by atoms with Gasteiger partial charge < -0.3 is 37.6 Å². The van der Waals surface area contributed by atoms with Crippen molar-refractivity contribution >= 4 is 18.3 Å². The van der Waals surface area contributed by atoms with Gasteiger partial charge in [-0.1, -0.05) is 13.8 Å². The summed E-state index contributed by atoms with van der Waals surface area (Å²) in [5.74, 6) is 1.14. The van der Waals surface area contributed by atoms with Crippen LogP contribution in [-0.2, 0) is 4.74 Å². The van der Waals surface area contributed by atoms with Crippen LogP contribution in [0.25, 0.3) is 0 Å². The van der Waals surface area contributed by atoms with Gasteiger partial charge in [0.1, 0.15) is 11.7 Å². The highest BCUT2D eigenvalue weighted by Gasteiger charge is 2.17. The lowest BCUT2D eigenvalue weighted by Gasteiger charge is -2.26. The van der Waals surface area contributed by atoms with E-state index >= 15 is 0 Å². The predicted octanol–water partition coefficient (Wildman–Crippen LogP) is 1.18. The van der Waals surface area contributed by atoms with E-state index in [0.717, 1.165) is 41.2 Å². The largest absolute Gasteiger partial charge is 0.404 e. The predicted molar refractivity (Wildman–Crippen MR) is 130 cm³/mol. The summed E-state index contributed by atoms with van der Waals surface area (Å²) in [4.78, 5) is 8.86. The molecule has 0 spiro atoms. The molecule has 0 saturated carbocycles. The minimum Gasteiger partial charge on any atom is -0.404 e. The number of nitrogens with one attached hydrogen (secondary N) is 4. The summed E-state index contributed by atoms with van der Waals surface area (Å²) >= 11 is 0. The van der Waals surface area contributed by atoms with Crippen molar-refractivity contribution in [2.45, 2.75) is 20.0 Å². The number of amidine groups is 1. The van der Waals surface area contributed by atoms with Crippen LogP contribution in [0.1, 0.15) is 13.8 Å². The molecular weight excluding hydrogens is 404 g/mol. The van der Waals surface area contributed by atoms with Gasteiger partial charge in [-0.3, -0.25) is 4.99 Å². The third kappa shape index (κ3) is 6.29. The number of hydrogen-bond acceptors (Lipinski definition) is 8. The average Bonchev–Trinajstić information content (AvgIpc) is 2.75. The van der Waals surface area contributed by atoms with Gasteiger partial charge in [-0.05, 0) is 35.8 Å². The Labute approximate surface area is 189 Å². The zero-order valence-electron chi connectivity index (χ0n) is 18.6. The average molecular weight is 437 g/mol. The zero-order valence-corrected chi connectivity index (χ0v) is 18.6. The first kappa shape index (κ1) is 23.2. The molecule has 0 aliphatic carbocycles. The van der Waals surface area contributed by atoms with Crippen LogP contribution in [-0.4, -0.2) is 50.6 Å². The van der Waals surface area contributed by atoms with E-state index in [1.165, 1.54) is 12.4 Å². The first-order valence-electron chi connectivity index (χ1n) is 10.7. The van der Waals surface area contributed by atoms with Crippen molar-refractivity contribution in [3.63, 3.8) is 0 Å². The molecule has 0 aromatic heterocycles. The maximum absolute atomic E-state index is 7.50. The molecule has 9 nitrogen and oxygen atoms in total. The molecule has 0 atom stereocenters. The topological polar surface area (TPSA) is 146 Å². The van der Waals surface area contributed by atoms with Gasteiger partial charge in [-0.2, -0.15) is 0 Å². The summed E-state index contributed by atoms with van der Waals surface area (Å²) in [6.07, 6.45) is 14.3. The SMILES string of the molecule is CC(C)C(C=N)=CC(N)=NC1=CC=C2NC=C(C(C=NCCOC3CNC3)=CN)C=C2N1. The van der Waals surface area contributed by atoms with E-state index in [4.69, 9.17) is 21.6 Å². The number of hydrogen-bond donors (Lipinski definition) is 6. The van der Waals surface area contributed by atoms with Crippen molar-refractivity contribution < 1.29 is 4.74 Å². The Morgan fingerprint density at radius 3 is 2.78 bits per heavy atom. The van der Waals surface area contributed by atoms with E-state index < -0.39 is 0 Å². The summed E-state index contributed by atoms with van der Waals surface area (Å²) in [5, 5.41) is 17.2. The molecule has 170 valence electrons. The van der Waals surface area contributed by atoms with Crippen molar-refractivity contribution in [2.24, 2.45) is 27.4 Å². The Balaban J connectivity index is 1.62. The molecule has 3 aliphatic heterocycles. The molecular formula is C23H32N8O. The molecule has 0 aromatic rings. The number of ether oxygens (including phenoxy) is 1. The lowest BCUT2D eigenvalue weighted by Crippen LogP contribution is -2.48. The van der Waals surface area contributed by atoms with Crippen LogP contribution >= 0.6 is 0 Å². The third-order valence-corrected chi connectivity index (χ3v) is 5.10. The maximum atomic E-state index is 7.50. The lowest BCUT2D eigenvalue weighted by molar-refractivity contribution is 0.0239. The molecule has 8 N–H and O–H groups in total. The fourth-order valence-electron chi connectivity index (χ4n) is 3.07. The number of nitrogens with zero attached hydrogens (tertiary/aromatic N) is 2. The first-order chi connectivity index (χ1) is 15.5. The van der Waals surface area contributed by atoms with Crippen LogP contribution in [0.2, 0.25) is 0 Å². The smallest absolute Gasteiger partial charge is 0.132 e. The van der Waals surface area contributed by atoms with Gasteiger partial charge >= 0.3 is 0 Å². The molecule has 1 fully saturated rings. The molecule has 0 bridgehead atoms. The molecule has 3 rings (SSSR count). The summed E-state index contributed by atoms with van der Waals surface area (Å²) in [6, 6.07) is 0. The Bertz CT molecular complexity index is 958. The van der Waals surface area contributed by atoms with E-state index in [2.05, 4.69) is 25.9 Å². The minimum absolute atomic E-state index is 0.198. The Kier molecular flexibility index (Phi) is 8.18. The highest BCUT2D eigenvalue weighted by Crippen LogP contribution is 2.22. The van der Waals surface area contributed by atoms with Gasteiger partial charge in [0.15, 0.2) is 0 Å². The van der Waals surface area contributed by atoms with Crippen molar-refractivity contribution in [3.8, 4) is 0 Å². The molecule has 0 radical (unpaired) electrons. The van der Waals surface area contributed by atoms with Crippen molar-refractivity contribution in [2.75, 3.05) is 26.2 Å². The van der Waals surface area contributed by atoms with Crippen LogP contribution in [0, 0.1) is 11.3 Å². The van der Waals surface area contributed by atoms with Crippen LogP contribution in [0.4, 0.5) is 0 Å². The normalized spacial score (nSPS) is 19.9. The number of aliphatic imine (C=N–C) groups is 2. The zero-order chi connectivity index (χ0) is 22.9. The molecule has 1 saturated heterocycles. The second kappa shape index (κ2) is 11.3. The second-order valence-electron chi connectivity index (χ2n) is 7.85. The van der Waals surface area contributed by atoms with Crippen molar-refractivity contribution in [1.29, 1.82) is 5.41 Å². The Morgan fingerprint density at radius 1 is 1.31 bits per heavy atom. The van der Waals surface area contributed by atoms with Gasteiger partial charge in [-0.25, -0.2) is 4.99 Å². The molecule has 3 aliphatic rings. The van der Waals surface area contributed by atoms with Gasteiger partial charge in [0, 0.05) is 49.1 Å². The van der Waals surface area contributed by atoms with Gasteiger partial charge in [0.25, 0.3) is 0 Å². The Morgan fingerprint density at radius 2 is 2.12 bits per heavy atom. The minimum atomic E-state index is 0.198. The van der Waals surface area contributed by atoms with E-state index in [9.17, 15) is 0 Å². The van der Waals surface area contributed by atoms with E-state index in [-0.39, 0.29) is 5.92 Å². The third-order valence-electron chi connectivity index (χ3n) is 5.10. The van der Waals surface area contributed by atoms with Crippen LogP contribution in [0.15, 0.2) is 80.6 Å². The number of fused-ring (bicyclic) bond motifs is 1. The number of dihydropyridines is 2. The van der Waals surface area contributed by atoms with E-state index in [1.54, 1.807) is 12.3 Å². The summed E-state index contributed by atoms with van der Waals surface area (Å²) < 4.78 is 5.67. The second-order valence-corrected chi connectivity index (χ2v) is 7.85. The molecule has 32 heavy (non-hydrogen) atoms. The molecule has 9 heteroatoms.